The molecule has 1 saturated heterocycles. The lowest BCUT2D eigenvalue weighted by atomic mass is 10.0. The van der Waals surface area contributed by atoms with Crippen molar-refractivity contribution in [2.24, 2.45) is 5.41 Å². The fourth-order valence-electron chi connectivity index (χ4n) is 6.29. The first-order valence-corrected chi connectivity index (χ1v) is 14.7. The third-order valence-corrected chi connectivity index (χ3v) is 9.18. The first-order valence-electron chi connectivity index (χ1n) is 13.9. The fourth-order valence-corrected chi connectivity index (χ4v) is 6.58. The quantitative estimate of drug-likeness (QED) is 0.219. The predicted octanol–water partition coefficient (Wildman–Crippen LogP) is 4.72. The topological polar surface area (TPSA) is 130 Å². The summed E-state index contributed by atoms with van der Waals surface area (Å²) in [6.45, 7) is 6.83. The zero-order chi connectivity index (χ0) is 30.8. The SMILES string of the molecule is CC(=O)c1cn(CC(=O)N2[C@H](C(=O)Nc3nc(Br)c(F)cc3C)C[C@@]3(C)C[C@@H]23)c2c(C)cc(-c3cnc(CO)nc3)cc12. The fraction of sp³-hybridized carbons (Fsp3) is 0.355. The van der Waals surface area contributed by atoms with Gasteiger partial charge in [0.15, 0.2) is 17.4 Å². The van der Waals surface area contributed by atoms with Gasteiger partial charge in [-0.25, -0.2) is 19.3 Å². The first kappa shape index (κ1) is 29.1. The molecule has 2 N–H and O–H groups in total. The van der Waals surface area contributed by atoms with Crippen molar-refractivity contribution in [2.45, 2.75) is 65.8 Å². The molecule has 4 aromatic rings. The van der Waals surface area contributed by atoms with Gasteiger partial charge in [0, 0.05) is 41.1 Å². The second-order valence-electron chi connectivity index (χ2n) is 11.8. The molecule has 10 nitrogen and oxygen atoms in total. The minimum atomic E-state index is -0.704. The van der Waals surface area contributed by atoms with Crippen LogP contribution < -0.4 is 5.32 Å². The van der Waals surface area contributed by atoms with E-state index in [1.807, 2.05) is 19.1 Å². The summed E-state index contributed by atoms with van der Waals surface area (Å²) < 4.78 is 15.7. The molecular weight excluding hydrogens is 619 g/mol. The molecule has 222 valence electrons. The molecule has 12 heteroatoms. The number of fused-ring (bicyclic) bond motifs is 2. The van der Waals surface area contributed by atoms with Crippen LogP contribution in [0.4, 0.5) is 10.2 Å². The van der Waals surface area contributed by atoms with E-state index in [4.69, 9.17) is 0 Å². The summed E-state index contributed by atoms with van der Waals surface area (Å²) in [7, 11) is 0. The number of aryl methyl sites for hydroxylation is 2. The summed E-state index contributed by atoms with van der Waals surface area (Å²) in [6, 6.07) is 4.36. The Labute approximate surface area is 255 Å². The number of likely N-dealkylation sites (tertiary alicyclic amines) is 1. The van der Waals surface area contributed by atoms with Crippen LogP contribution in [-0.2, 0) is 22.7 Å². The number of carbonyl (C=O) groups excluding carboxylic acids is 3. The highest BCUT2D eigenvalue weighted by atomic mass is 79.9. The van der Waals surface area contributed by atoms with Crippen LogP contribution in [0.15, 0.2) is 41.4 Å². The zero-order valence-corrected chi connectivity index (χ0v) is 25.7. The van der Waals surface area contributed by atoms with Gasteiger partial charge in [0.2, 0.25) is 11.8 Å². The van der Waals surface area contributed by atoms with E-state index in [1.165, 1.54) is 13.0 Å². The molecule has 0 spiro atoms. The van der Waals surface area contributed by atoms with E-state index in [-0.39, 0.29) is 52.6 Å². The standard InChI is InChI=1S/C31H30BrFN6O4/c1-15-5-18(19-10-34-25(14-40)35-11-19)7-20-21(17(3)41)12-38(27(15)20)13-26(42)39-23(8-31(4)9-24(31)39)30(43)37-29-16(2)6-22(33)28(32)36-29/h5-7,10-12,23-24,40H,8-9,13-14H2,1-4H3,(H,36,37,43)/t23-,24+,31-/m0/s1. The van der Waals surface area contributed by atoms with Crippen LogP contribution in [0.1, 0.15) is 54.0 Å². The minimum Gasteiger partial charge on any atom is -0.388 e. The van der Waals surface area contributed by atoms with Crippen molar-refractivity contribution in [3.63, 3.8) is 0 Å². The molecule has 1 aliphatic carbocycles. The van der Waals surface area contributed by atoms with E-state index in [0.29, 0.717) is 28.8 Å². The molecule has 3 aromatic heterocycles. The maximum absolute atomic E-state index is 13.9. The number of halogens is 2. The molecule has 4 heterocycles. The number of pyridine rings is 1. The number of aromatic nitrogens is 4. The predicted molar refractivity (Wildman–Crippen MR) is 161 cm³/mol. The normalized spacial score (nSPS) is 20.8. The number of nitrogens with one attached hydrogen (secondary N) is 1. The molecule has 3 atom stereocenters. The maximum Gasteiger partial charge on any atom is 0.248 e. The maximum atomic E-state index is 13.9. The number of rotatable bonds is 7. The van der Waals surface area contributed by atoms with Crippen molar-refractivity contribution in [1.82, 2.24) is 24.4 Å². The number of amides is 2. The van der Waals surface area contributed by atoms with Crippen molar-refractivity contribution >= 4 is 50.2 Å². The van der Waals surface area contributed by atoms with Crippen molar-refractivity contribution in [2.75, 3.05) is 5.32 Å². The highest BCUT2D eigenvalue weighted by Gasteiger charge is 2.64. The van der Waals surface area contributed by atoms with Gasteiger partial charge in [-0.2, -0.15) is 0 Å². The van der Waals surface area contributed by atoms with Crippen LogP contribution in [-0.4, -0.2) is 59.2 Å². The number of hydrogen-bond acceptors (Lipinski definition) is 7. The Kier molecular flexibility index (Phi) is 7.16. The molecule has 0 bridgehead atoms. The van der Waals surface area contributed by atoms with Gasteiger partial charge in [-0.3, -0.25) is 14.4 Å². The van der Waals surface area contributed by atoms with E-state index >= 15 is 0 Å². The van der Waals surface area contributed by atoms with Crippen LogP contribution >= 0.6 is 15.9 Å². The Bertz CT molecular complexity index is 1820. The lowest BCUT2D eigenvalue weighted by Crippen LogP contribution is -2.46. The Morgan fingerprint density at radius 3 is 2.51 bits per heavy atom. The van der Waals surface area contributed by atoms with Gasteiger partial charge in [-0.15, -0.1) is 0 Å². The molecule has 2 aliphatic rings. The van der Waals surface area contributed by atoms with Crippen molar-refractivity contribution in [3.05, 3.63) is 69.7 Å². The molecule has 1 aromatic carbocycles. The number of ketones is 1. The number of nitrogens with zero attached hydrogens (tertiary/aromatic N) is 5. The Balaban J connectivity index is 1.31. The van der Waals surface area contributed by atoms with E-state index in [0.717, 1.165) is 28.6 Å². The van der Waals surface area contributed by atoms with Gasteiger partial charge in [-0.05, 0) is 89.8 Å². The summed E-state index contributed by atoms with van der Waals surface area (Å²) >= 11 is 3.07. The van der Waals surface area contributed by atoms with Gasteiger partial charge >= 0.3 is 0 Å². The van der Waals surface area contributed by atoms with Crippen molar-refractivity contribution < 1.29 is 23.9 Å². The number of aliphatic hydroxyl groups excluding tert-OH is 1. The smallest absolute Gasteiger partial charge is 0.248 e. The Morgan fingerprint density at radius 2 is 1.84 bits per heavy atom. The van der Waals surface area contributed by atoms with Crippen LogP contribution in [0.2, 0.25) is 0 Å². The van der Waals surface area contributed by atoms with Crippen LogP contribution in [0.3, 0.4) is 0 Å². The molecule has 43 heavy (non-hydrogen) atoms. The number of anilines is 1. The number of Topliss-reactive ketones (excluding diaryl/α,β-unsaturated/α-hetero) is 1. The molecular formula is C31H30BrFN6O4. The van der Waals surface area contributed by atoms with Crippen molar-refractivity contribution in [1.29, 1.82) is 0 Å². The van der Waals surface area contributed by atoms with E-state index < -0.39 is 11.9 Å². The Hall–Kier alpha value is -4.03. The van der Waals surface area contributed by atoms with Crippen LogP contribution in [0, 0.1) is 25.1 Å². The lowest BCUT2D eigenvalue weighted by Gasteiger charge is -2.27. The Morgan fingerprint density at radius 1 is 1.12 bits per heavy atom. The highest BCUT2D eigenvalue weighted by Crippen LogP contribution is 2.59. The first-order chi connectivity index (χ1) is 20.4. The summed E-state index contributed by atoms with van der Waals surface area (Å²) in [4.78, 5) is 54.2. The number of aliphatic hydroxyl groups is 1. The second-order valence-corrected chi connectivity index (χ2v) is 12.5. The summed E-state index contributed by atoms with van der Waals surface area (Å²) in [6.07, 6.45) is 6.28. The molecule has 2 fully saturated rings. The number of piperidine rings is 1. The summed E-state index contributed by atoms with van der Waals surface area (Å²) in [5, 5.41) is 12.8. The largest absolute Gasteiger partial charge is 0.388 e. The van der Waals surface area contributed by atoms with Gasteiger partial charge in [-0.1, -0.05) is 6.92 Å². The third-order valence-electron chi connectivity index (χ3n) is 8.62. The number of carbonyl (C=O) groups is 3. The summed E-state index contributed by atoms with van der Waals surface area (Å²) in [5.41, 5.74) is 3.96. The van der Waals surface area contributed by atoms with Gasteiger partial charge in [0.1, 0.15) is 29.6 Å². The number of benzene rings is 1. The van der Waals surface area contributed by atoms with Crippen molar-refractivity contribution in [3.8, 4) is 11.1 Å². The lowest BCUT2D eigenvalue weighted by molar-refractivity contribution is -0.138. The molecule has 1 saturated carbocycles. The molecule has 6 rings (SSSR count). The molecule has 2 amide bonds. The van der Waals surface area contributed by atoms with Crippen LogP contribution in [0.5, 0.6) is 0 Å². The number of hydrogen-bond donors (Lipinski definition) is 2. The summed E-state index contributed by atoms with van der Waals surface area (Å²) in [5.74, 6) is -0.704. The zero-order valence-electron chi connectivity index (χ0n) is 24.1. The monoisotopic (exact) mass is 648 g/mol. The van der Waals surface area contributed by atoms with E-state index in [2.05, 4.69) is 43.1 Å². The minimum absolute atomic E-state index is 0.00319. The van der Waals surface area contributed by atoms with Gasteiger partial charge in [0.05, 0.1) is 5.52 Å². The second kappa shape index (κ2) is 10.6. The van der Waals surface area contributed by atoms with Gasteiger partial charge in [0.25, 0.3) is 0 Å². The molecule has 0 unspecified atom stereocenters. The van der Waals surface area contributed by atoms with Gasteiger partial charge < -0.3 is 19.9 Å². The molecule has 0 radical (unpaired) electrons. The molecule has 1 aliphatic heterocycles. The van der Waals surface area contributed by atoms with E-state index in [9.17, 15) is 23.9 Å². The average Bonchev–Trinajstić information content (AvgIpc) is 3.32. The van der Waals surface area contributed by atoms with Crippen LogP contribution in [0.25, 0.3) is 22.0 Å². The average molecular weight is 650 g/mol. The highest BCUT2D eigenvalue weighted by molar-refractivity contribution is 9.10. The van der Waals surface area contributed by atoms with E-state index in [1.54, 1.807) is 35.0 Å². The third kappa shape index (κ3) is 5.12.